The van der Waals surface area contributed by atoms with E-state index >= 15 is 0 Å². The maximum absolute atomic E-state index is 13.0. The molecule has 7 heteroatoms. The van der Waals surface area contributed by atoms with Crippen molar-refractivity contribution in [1.29, 1.82) is 0 Å². The number of nitrogens with zero attached hydrogens (tertiary/aromatic N) is 4. The second kappa shape index (κ2) is 7.61. The Balaban J connectivity index is 1.57. The number of hydrogen-bond acceptors (Lipinski definition) is 5. The number of carbonyl (C=O) groups is 2. The van der Waals surface area contributed by atoms with Gasteiger partial charge in [-0.3, -0.25) is 9.59 Å². The lowest BCUT2D eigenvalue weighted by atomic mass is 9.81. The standard InChI is InChI=1S/C22H28N4O3/c1-15(2)9-10-19(27)25-11-18-12-26(20(28)17-7-5-4-6-8-17)14-22(18,13-25)21-23-16(3)24-29-21/h4-8,15,18H,9-14H2,1-3H3/t18-,22-/m0/s1. The van der Waals surface area contributed by atoms with Crippen molar-refractivity contribution < 1.29 is 14.1 Å². The van der Waals surface area contributed by atoms with Gasteiger partial charge in [-0.25, -0.2) is 0 Å². The maximum atomic E-state index is 13.0. The van der Waals surface area contributed by atoms with Crippen molar-refractivity contribution in [2.75, 3.05) is 26.2 Å². The predicted molar refractivity (Wildman–Crippen MR) is 107 cm³/mol. The minimum atomic E-state index is -0.487. The van der Waals surface area contributed by atoms with E-state index in [4.69, 9.17) is 4.52 Å². The van der Waals surface area contributed by atoms with E-state index in [0.29, 0.717) is 55.8 Å². The monoisotopic (exact) mass is 396 g/mol. The van der Waals surface area contributed by atoms with Crippen molar-refractivity contribution >= 4 is 11.8 Å². The second-order valence-electron chi connectivity index (χ2n) is 8.76. The van der Waals surface area contributed by atoms with Gasteiger partial charge in [0.05, 0.1) is 5.41 Å². The molecular weight excluding hydrogens is 368 g/mol. The molecule has 7 nitrogen and oxygen atoms in total. The summed E-state index contributed by atoms with van der Waals surface area (Å²) in [6.45, 7) is 8.26. The second-order valence-corrected chi connectivity index (χ2v) is 8.76. The SMILES string of the molecule is Cc1noc([C@]23CN(C(=O)CCC(C)C)C[C@H]2CN(C(=O)c2ccccc2)C3)n1. The number of fused-ring (bicyclic) bond motifs is 1. The number of benzene rings is 1. The van der Waals surface area contributed by atoms with Crippen LogP contribution in [0.3, 0.4) is 0 Å². The molecule has 2 aromatic rings. The van der Waals surface area contributed by atoms with Gasteiger partial charge in [0.15, 0.2) is 5.82 Å². The van der Waals surface area contributed by atoms with Crippen LogP contribution >= 0.6 is 0 Å². The lowest BCUT2D eigenvalue weighted by Crippen LogP contribution is -2.41. The van der Waals surface area contributed by atoms with Crippen LogP contribution in [0.15, 0.2) is 34.9 Å². The summed E-state index contributed by atoms with van der Waals surface area (Å²) in [6, 6.07) is 9.31. The van der Waals surface area contributed by atoms with Gasteiger partial charge in [0.2, 0.25) is 11.8 Å². The summed E-state index contributed by atoms with van der Waals surface area (Å²) in [5.74, 6) is 1.89. The van der Waals surface area contributed by atoms with E-state index in [1.54, 1.807) is 6.92 Å². The third kappa shape index (κ3) is 3.66. The number of likely N-dealkylation sites (tertiary alicyclic amines) is 2. The fourth-order valence-electron chi connectivity index (χ4n) is 4.55. The first kappa shape index (κ1) is 19.6. The Hall–Kier alpha value is -2.70. The molecule has 29 heavy (non-hydrogen) atoms. The summed E-state index contributed by atoms with van der Waals surface area (Å²) in [6.07, 6.45) is 1.43. The van der Waals surface area contributed by atoms with Crippen LogP contribution in [0.25, 0.3) is 0 Å². The first-order valence-electron chi connectivity index (χ1n) is 10.3. The molecule has 1 aromatic heterocycles. The number of hydrogen-bond donors (Lipinski definition) is 0. The lowest BCUT2D eigenvalue weighted by molar-refractivity contribution is -0.130. The van der Waals surface area contributed by atoms with Gasteiger partial charge in [0.1, 0.15) is 0 Å². The minimum absolute atomic E-state index is 0.00768. The van der Waals surface area contributed by atoms with Gasteiger partial charge in [-0.1, -0.05) is 37.2 Å². The molecule has 2 saturated heterocycles. The zero-order valence-electron chi connectivity index (χ0n) is 17.3. The first-order chi connectivity index (χ1) is 13.9. The quantitative estimate of drug-likeness (QED) is 0.776. The van der Waals surface area contributed by atoms with E-state index in [1.165, 1.54) is 0 Å². The molecule has 2 fully saturated rings. The number of rotatable bonds is 5. The third-order valence-corrected chi connectivity index (χ3v) is 6.16. The summed E-state index contributed by atoms with van der Waals surface area (Å²) in [7, 11) is 0. The van der Waals surface area contributed by atoms with Crippen molar-refractivity contribution in [3.8, 4) is 0 Å². The number of amides is 2. The van der Waals surface area contributed by atoms with Crippen molar-refractivity contribution in [1.82, 2.24) is 19.9 Å². The molecule has 4 rings (SSSR count). The molecule has 2 aliphatic heterocycles. The average molecular weight is 396 g/mol. The van der Waals surface area contributed by atoms with Crippen LogP contribution < -0.4 is 0 Å². The van der Waals surface area contributed by atoms with Crippen LogP contribution in [0.4, 0.5) is 0 Å². The van der Waals surface area contributed by atoms with Crippen LogP contribution in [0.5, 0.6) is 0 Å². The highest BCUT2D eigenvalue weighted by Crippen LogP contribution is 2.45. The summed E-state index contributed by atoms with van der Waals surface area (Å²) in [5, 5.41) is 3.98. The van der Waals surface area contributed by atoms with Gasteiger partial charge in [0, 0.05) is 44.1 Å². The fourth-order valence-corrected chi connectivity index (χ4v) is 4.55. The Kier molecular flexibility index (Phi) is 5.15. The van der Waals surface area contributed by atoms with E-state index in [2.05, 4.69) is 24.0 Å². The van der Waals surface area contributed by atoms with E-state index in [0.717, 1.165) is 6.42 Å². The molecule has 154 valence electrons. The van der Waals surface area contributed by atoms with Crippen molar-refractivity contribution in [2.24, 2.45) is 11.8 Å². The van der Waals surface area contributed by atoms with Crippen molar-refractivity contribution in [3.63, 3.8) is 0 Å². The topological polar surface area (TPSA) is 79.5 Å². The van der Waals surface area contributed by atoms with E-state index < -0.39 is 5.41 Å². The highest BCUT2D eigenvalue weighted by atomic mass is 16.5. The highest BCUT2D eigenvalue weighted by Gasteiger charge is 2.58. The lowest BCUT2D eigenvalue weighted by Gasteiger charge is -2.26. The maximum Gasteiger partial charge on any atom is 0.253 e. The molecule has 0 N–H and O–H groups in total. The Morgan fingerprint density at radius 2 is 1.86 bits per heavy atom. The minimum Gasteiger partial charge on any atom is -0.341 e. The number of carbonyl (C=O) groups excluding carboxylic acids is 2. The first-order valence-corrected chi connectivity index (χ1v) is 10.3. The van der Waals surface area contributed by atoms with Crippen LogP contribution in [-0.4, -0.2) is 57.9 Å². The average Bonchev–Trinajstić information content (AvgIpc) is 3.38. The van der Waals surface area contributed by atoms with Crippen LogP contribution in [0.1, 0.15) is 48.8 Å². The van der Waals surface area contributed by atoms with Gasteiger partial charge in [-0.2, -0.15) is 4.98 Å². The fraction of sp³-hybridized carbons (Fsp3) is 0.545. The van der Waals surface area contributed by atoms with Crippen LogP contribution in [0, 0.1) is 18.8 Å². The molecule has 0 aliphatic carbocycles. The summed E-state index contributed by atoms with van der Waals surface area (Å²) >= 11 is 0. The molecule has 0 unspecified atom stereocenters. The van der Waals surface area contributed by atoms with Gasteiger partial charge in [-0.15, -0.1) is 0 Å². The third-order valence-electron chi connectivity index (χ3n) is 6.16. The van der Waals surface area contributed by atoms with Gasteiger partial charge in [-0.05, 0) is 31.4 Å². The molecule has 0 saturated carbocycles. The molecule has 2 amide bonds. The molecule has 0 radical (unpaired) electrons. The highest BCUT2D eigenvalue weighted by molar-refractivity contribution is 5.94. The Morgan fingerprint density at radius 3 is 2.52 bits per heavy atom. The van der Waals surface area contributed by atoms with E-state index in [9.17, 15) is 9.59 Å². The summed E-state index contributed by atoms with van der Waals surface area (Å²) < 4.78 is 5.58. The molecule has 0 bridgehead atoms. The van der Waals surface area contributed by atoms with Gasteiger partial charge < -0.3 is 14.3 Å². The Morgan fingerprint density at radius 1 is 1.17 bits per heavy atom. The van der Waals surface area contributed by atoms with Crippen LogP contribution in [0.2, 0.25) is 0 Å². The zero-order chi connectivity index (χ0) is 20.6. The molecule has 1 aromatic carbocycles. The zero-order valence-corrected chi connectivity index (χ0v) is 17.3. The van der Waals surface area contributed by atoms with Gasteiger partial charge in [0.25, 0.3) is 5.91 Å². The Bertz CT molecular complexity index is 894. The van der Waals surface area contributed by atoms with E-state index in [1.807, 2.05) is 40.1 Å². The molecule has 3 heterocycles. The smallest absolute Gasteiger partial charge is 0.253 e. The molecule has 0 spiro atoms. The van der Waals surface area contributed by atoms with Crippen LogP contribution in [-0.2, 0) is 10.2 Å². The Labute approximate surface area is 171 Å². The normalized spacial score (nSPS) is 23.7. The number of aryl methyl sites for hydroxylation is 1. The summed E-state index contributed by atoms with van der Waals surface area (Å²) in [5.41, 5.74) is 0.188. The molecule has 2 aliphatic rings. The predicted octanol–water partition coefficient (Wildman–Crippen LogP) is 2.67. The molecule has 2 atom stereocenters. The number of aromatic nitrogens is 2. The van der Waals surface area contributed by atoms with Gasteiger partial charge >= 0.3 is 0 Å². The van der Waals surface area contributed by atoms with Crippen molar-refractivity contribution in [2.45, 2.75) is 39.0 Å². The van der Waals surface area contributed by atoms with Crippen molar-refractivity contribution in [3.05, 3.63) is 47.6 Å². The molecular formula is C22H28N4O3. The largest absolute Gasteiger partial charge is 0.341 e. The summed E-state index contributed by atoms with van der Waals surface area (Å²) in [4.78, 5) is 34.1. The van der Waals surface area contributed by atoms with E-state index in [-0.39, 0.29) is 17.7 Å².